The van der Waals surface area contributed by atoms with Crippen LogP contribution in [-0.4, -0.2) is 86.4 Å². The van der Waals surface area contributed by atoms with Crippen LogP contribution in [0.15, 0.2) is 41.3 Å². The number of methoxy groups -OCH3 is 1. The molecule has 39 heavy (non-hydrogen) atoms. The molecule has 0 spiro atoms. The largest absolute Gasteiger partial charge is 0.383 e. The lowest BCUT2D eigenvalue weighted by Crippen LogP contribution is -2.61. The van der Waals surface area contributed by atoms with Gasteiger partial charge in [0.1, 0.15) is 6.04 Å². The van der Waals surface area contributed by atoms with Crippen LogP contribution in [0.4, 0.5) is 0 Å². The molecule has 10 nitrogen and oxygen atoms in total. The molecule has 5 rings (SSSR count). The van der Waals surface area contributed by atoms with Crippen molar-refractivity contribution >= 4 is 55.5 Å². The van der Waals surface area contributed by atoms with Crippen LogP contribution < -0.4 is 10.6 Å². The quantitative estimate of drug-likeness (QED) is 0.404. The summed E-state index contributed by atoms with van der Waals surface area (Å²) in [4.78, 5) is 34.0. The van der Waals surface area contributed by atoms with Gasteiger partial charge in [-0.3, -0.25) is 9.59 Å². The number of thiazole rings is 1. The first-order valence-corrected chi connectivity index (χ1v) is 15.3. The number of aromatic nitrogens is 1. The Bertz CT molecular complexity index is 1510. The fourth-order valence-corrected chi connectivity index (χ4v) is 7.52. The number of rotatable bonds is 7. The Morgan fingerprint density at radius 1 is 1.21 bits per heavy atom. The van der Waals surface area contributed by atoms with Crippen molar-refractivity contribution in [3.05, 3.63) is 57.0 Å². The van der Waals surface area contributed by atoms with E-state index in [0.29, 0.717) is 23.2 Å². The number of sulfonamides is 1. The van der Waals surface area contributed by atoms with Crippen LogP contribution in [0.1, 0.15) is 27.3 Å². The molecule has 0 saturated carbocycles. The summed E-state index contributed by atoms with van der Waals surface area (Å²) in [5, 5.41) is 8.57. The number of hydrogen-bond acceptors (Lipinski definition) is 8. The highest BCUT2D eigenvalue weighted by Gasteiger charge is 2.41. The van der Waals surface area contributed by atoms with Crippen molar-refractivity contribution < 1.29 is 22.7 Å². The smallest absolute Gasteiger partial charge is 0.283 e. The SMILES string of the molecule is COCCNC(=O)C1CN(S(=O)(=O)c2ccc3cc(Cl)ccc3c2)CCN1C(=O)c1nc2c(s1)CNC(C)C2. The van der Waals surface area contributed by atoms with Gasteiger partial charge in [0.2, 0.25) is 15.9 Å². The van der Waals surface area contributed by atoms with Gasteiger partial charge in [-0.05, 0) is 42.0 Å². The zero-order valence-corrected chi connectivity index (χ0v) is 24.0. The number of nitrogens with one attached hydrogen (secondary N) is 2. The Balaban J connectivity index is 1.41. The van der Waals surface area contributed by atoms with Gasteiger partial charge in [-0.25, -0.2) is 13.4 Å². The first kappa shape index (κ1) is 27.9. The van der Waals surface area contributed by atoms with E-state index < -0.39 is 22.0 Å². The molecule has 2 aliphatic rings. The Morgan fingerprint density at radius 3 is 2.77 bits per heavy atom. The Kier molecular flexibility index (Phi) is 8.22. The molecular weight excluding hydrogens is 562 g/mol. The molecule has 0 bridgehead atoms. The summed E-state index contributed by atoms with van der Waals surface area (Å²) in [5.74, 6) is -0.807. The minimum absolute atomic E-state index is 0.0538. The van der Waals surface area contributed by atoms with Crippen molar-refractivity contribution in [2.24, 2.45) is 0 Å². The zero-order valence-electron chi connectivity index (χ0n) is 21.6. The molecule has 2 aromatic carbocycles. The van der Waals surface area contributed by atoms with Gasteiger partial charge in [0.25, 0.3) is 5.91 Å². The van der Waals surface area contributed by atoms with Crippen LogP contribution in [0.2, 0.25) is 5.02 Å². The van der Waals surface area contributed by atoms with E-state index in [2.05, 4.69) is 22.5 Å². The Hall–Kier alpha value is -2.61. The van der Waals surface area contributed by atoms with E-state index in [0.717, 1.165) is 27.8 Å². The number of piperazine rings is 1. The minimum Gasteiger partial charge on any atom is -0.383 e. The van der Waals surface area contributed by atoms with Gasteiger partial charge in [0.05, 0.1) is 17.2 Å². The second-order valence-electron chi connectivity index (χ2n) is 9.69. The number of ether oxygens (including phenoxy) is 1. The summed E-state index contributed by atoms with van der Waals surface area (Å²) in [6, 6.07) is 9.34. The van der Waals surface area contributed by atoms with Gasteiger partial charge in [0, 0.05) is 62.2 Å². The molecule has 2 atom stereocenters. The molecule has 2 aliphatic heterocycles. The third kappa shape index (κ3) is 5.81. The van der Waals surface area contributed by atoms with Crippen molar-refractivity contribution in [2.75, 3.05) is 39.9 Å². The maximum absolute atomic E-state index is 13.7. The van der Waals surface area contributed by atoms with Gasteiger partial charge < -0.3 is 20.3 Å². The van der Waals surface area contributed by atoms with Crippen LogP contribution in [0.3, 0.4) is 0 Å². The normalized spacial score (nSPS) is 20.1. The standard InChI is InChI=1S/C26H30ClN5O5S2/c1-16-11-21-23(14-29-16)38-25(30-21)26(34)32-9-8-31(15-22(32)24(33)28-7-10-37-2)39(35,36)20-6-4-17-12-19(27)5-3-18(17)13-20/h3-6,12-13,16,22,29H,7-11,14-15H2,1-2H3,(H,28,33). The number of amides is 2. The summed E-state index contributed by atoms with van der Waals surface area (Å²) in [6.07, 6.45) is 0.726. The molecule has 3 heterocycles. The summed E-state index contributed by atoms with van der Waals surface area (Å²) in [6.45, 7) is 3.18. The molecule has 2 unspecified atom stereocenters. The van der Waals surface area contributed by atoms with Crippen molar-refractivity contribution in [3.8, 4) is 0 Å². The highest BCUT2D eigenvalue weighted by atomic mass is 35.5. The monoisotopic (exact) mass is 591 g/mol. The number of halogens is 1. The number of nitrogens with zero attached hydrogens (tertiary/aromatic N) is 3. The van der Waals surface area contributed by atoms with E-state index in [9.17, 15) is 18.0 Å². The van der Waals surface area contributed by atoms with Crippen LogP contribution in [0, 0.1) is 0 Å². The Morgan fingerprint density at radius 2 is 1.97 bits per heavy atom. The van der Waals surface area contributed by atoms with Gasteiger partial charge in [0.15, 0.2) is 5.01 Å². The van der Waals surface area contributed by atoms with Crippen LogP contribution in [-0.2, 0) is 32.5 Å². The lowest BCUT2D eigenvalue weighted by molar-refractivity contribution is -0.127. The third-order valence-electron chi connectivity index (χ3n) is 7.00. The van der Waals surface area contributed by atoms with Crippen LogP contribution in [0.5, 0.6) is 0 Å². The highest BCUT2D eigenvalue weighted by Crippen LogP contribution is 2.28. The highest BCUT2D eigenvalue weighted by molar-refractivity contribution is 7.89. The molecule has 1 saturated heterocycles. The van der Waals surface area contributed by atoms with E-state index in [4.69, 9.17) is 16.3 Å². The van der Waals surface area contributed by atoms with E-state index in [1.807, 2.05) is 0 Å². The predicted octanol–water partition coefficient (Wildman–Crippen LogP) is 2.26. The zero-order chi connectivity index (χ0) is 27.7. The van der Waals surface area contributed by atoms with E-state index >= 15 is 0 Å². The molecular formula is C26H30ClN5O5S2. The predicted molar refractivity (Wildman–Crippen MR) is 150 cm³/mol. The fraction of sp³-hybridized carbons (Fsp3) is 0.423. The second kappa shape index (κ2) is 11.5. The molecule has 3 aromatic rings. The first-order valence-electron chi connectivity index (χ1n) is 12.7. The van der Waals surface area contributed by atoms with Crippen molar-refractivity contribution in [1.29, 1.82) is 0 Å². The average Bonchev–Trinajstić information content (AvgIpc) is 3.35. The van der Waals surface area contributed by atoms with Crippen LogP contribution >= 0.6 is 22.9 Å². The summed E-state index contributed by atoms with van der Waals surface area (Å²) in [5.41, 5.74) is 0.898. The van der Waals surface area contributed by atoms with Gasteiger partial charge in [-0.1, -0.05) is 23.7 Å². The summed E-state index contributed by atoms with van der Waals surface area (Å²) < 4.78 is 33.6. The molecule has 2 N–H and O–H groups in total. The molecule has 0 radical (unpaired) electrons. The van der Waals surface area contributed by atoms with Gasteiger partial charge in [-0.2, -0.15) is 4.31 Å². The molecule has 1 fully saturated rings. The maximum Gasteiger partial charge on any atom is 0.283 e. The van der Waals surface area contributed by atoms with Gasteiger partial charge >= 0.3 is 0 Å². The van der Waals surface area contributed by atoms with Crippen molar-refractivity contribution in [1.82, 2.24) is 24.8 Å². The molecule has 1 aromatic heterocycles. The number of benzene rings is 2. The second-order valence-corrected chi connectivity index (χ2v) is 13.1. The lowest BCUT2D eigenvalue weighted by Gasteiger charge is -2.39. The first-order chi connectivity index (χ1) is 18.7. The van der Waals surface area contributed by atoms with E-state index in [1.54, 1.807) is 30.3 Å². The number of hydrogen-bond donors (Lipinski definition) is 2. The van der Waals surface area contributed by atoms with E-state index in [-0.39, 0.29) is 43.0 Å². The number of fused-ring (bicyclic) bond motifs is 2. The molecule has 0 aliphatic carbocycles. The van der Waals surface area contributed by atoms with Crippen molar-refractivity contribution in [3.63, 3.8) is 0 Å². The van der Waals surface area contributed by atoms with Crippen LogP contribution in [0.25, 0.3) is 10.8 Å². The maximum atomic E-state index is 13.7. The summed E-state index contributed by atoms with van der Waals surface area (Å²) in [7, 11) is -2.42. The Labute approximate surface area is 236 Å². The molecule has 13 heteroatoms. The minimum atomic E-state index is -3.94. The number of carbonyl (C=O) groups is 2. The molecule has 208 valence electrons. The summed E-state index contributed by atoms with van der Waals surface area (Å²) >= 11 is 7.39. The van der Waals surface area contributed by atoms with Gasteiger partial charge in [-0.15, -0.1) is 11.3 Å². The fourth-order valence-electron chi connectivity index (χ4n) is 4.87. The average molecular weight is 592 g/mol. The topological polar surface area (TPSA) is 121 Å². The lowest BCUT2D eigenvalue weighted by atomic mass is 10.1. The van der Waals surface area contributed by atoms with E-state index in [1.165, 1.54) is 33.7 Å². The van der Waals surface area contributed by atoms with Crippen molar-refractivity contribution in [2.45, 2.75) is 36.9 Å². The molecule has 2 amide bonds. The number of carbonyl (C=O) groups excluding carboxylic acids is 2. The third-order valence-corrected chi connectivity index (χ3v) is 10.2.